The Bertz CT molecular complexity index is 636. The number of fused-ring (bicyclic) bond motifs is 1. The molecule has 1 aliphatic rings. The van der Waals surface area contributed by atoms with Gasteiger partial charge >= 0.3 is 0 Å². The molecule has 1 unspecified atom stereocenters. The molecule has 2 aromatic rings. The van der Waals surface area contributed by atoms with E-state index < -0.39 is 0 Å². The molecule has 21 heavy (non-hydrogen) atoms. The zero-order chi connectivity index (χ0) is 14.8. The Hall–Kier alpha value is -0.900. The lowest BCUT2D eigenvalue weighted by atomic mass is 9.97. The Morgan fingerprint density at radius 2 is 2.29 bits per heavy atom. The molecular weight excluding hydrogens is 300 g/mol. The van der Waals surface area contributed by atoms with Crippen molar-refractivity contribution >= 4 is 22.9 Å². The van der Waals surface area contributed by atoms with E-state index >= 15 is 0 Å². The average Bonchev–Trinajstić information content (AvgIpc) is 2.89. The standard InChI is InChI=1S/C17H21ClN2S/c1-3-9-19-14-5-4-6-15-16(14)20-17(21-15)13-8-7-12(18)10-11(13)2/h7-8,10,14,19H,3-6,9H2,1-2H3. The van der Waals surface area contributed by atoms with Crippen LogP contribution in [0.4, 0.5) is 0 Å². The van der Waals surface area contributed by atoms with Gasteiger partial charge in [0.1, 0.15) is 5.01 Å². The summed E-state index contributed by atoms with van der Waals surface area (Å²) in [4.78, 5) is 6.42. The van der Waals surface area contributed by atoms with Gasteiger partial charge in [0.25, 0.3) is 0 Å². The number of benzene rings is 1. The largest absolute Gasteiger partial charge is 0.309 e. The molecule has 0 spiro atoms. The predicted molar refractivity (Wildman–Crippen MR) is 91.3 cm³/mol. The highest BCUT2D eigenvalue weighted by Crippen LogP contribution is 2.38. The number of rotatable bonds is 4. The lowest BCUT2D eigenvalue weighted by molar-refractivity contribution is 0.454. The Labute approximate surface area is 135 Å². The molecule has 4 heteroatoms. The van der Waals surface area contributed by atoms with Crippen molar-refractivity contribution in [3.05, 3.63) is 39.4 Å². The highest BCUT2D eigenvalue weighted by atomic mass is 35.5. The summed E-state index contributed by atoms with van der Waals surface area (Å²) < 4.78 is 0. The van der Waals surface area contributed by atoms with Gasteiger partial charge in [-0.25, -0.2) is 4.98 Å². The zero-order valence-corrected chi connectivity index (χ0v) is 14.2. The third-order valence-electron chi connectivity index (χ3n) is 4.01. The second kappa shape index (κ2) is 6.47. The highest BCUT2D eigenvalue weighted by Gasteiger charge is 2.24. The van der Waals surface area contributed by atoms with Crippen molar-refractivity contribution in [3.63, 3.8) is 0 Å². The molecule has 0 bridgehead atoms. The molecule has 1 aromatic carbocycles. The van der Waals surface area contributed by atoms with Gasteiger partial charge in [-0.2, -0.15) is 0 Å². The van der Waals surface area contributed by atoms with Gasteiger partial charge in [0.05, 0.1) is 11.7 Å². The van der Waals surface area contributed by atoms with E-state index in [2.05, 4.69) is 25.2 Å². The van der Waals surface area contributed by atoms with E-state index in [0.717, 1.165) is 16.6 Å². The second-order valence-electron chi connectivity index (χ2n) is 5.69. The van der Waals surface area contributed by atoms with E-state index in [9.17, 15) is 0 Å². The van der Waals surface area contributed by atoms with Gasteiger partial charge in [-0.1, -0.05) is 24.6 Å². The lowest BCUT2D eigenvalue weighted by Gasteiger charge is -2.22. The van der Waals surface area contributed by atoms with Crippen LogP contribution in [-0.2, 0) is 6.42 Å². The Kier molecular flexibility index (Phi) is 4.63. The van der Waals surface area contributed by atoms with Crippen LogP contribution in [0.5, 0.6) is 0 Å². The molecule has 0 radical (unpaired) electrons. The molecule has 0 fully saturated rings. The molecule has 0 aliphatic heterocycles. The number of aryl methyl sites for hydroxylation is 2. The molecule has 1 atom stereocenters. The van der Waals surface area contributed by atoms with Gasteiger partial charge in [-0.3, -0.25) is 0 Å². The summed E-state index contributed by atoms with van der Waals surface area (Å²) in [6.45, 7) is 5.38. The summed E-state index contributed by atoms with van der Waals surface area (Å²) in [5, 5.41) is 5.57. The fourth-order valence-corrected chi connectivity index (χ4v) is 4.40. The van der Waals surface area contributed by atoms with Crippen LogP contribution in [-0.4, -0.2) is 11.5 Å². The number of nitrogens with one attached hydrogen (secondary N) is 1. The van der Waals surface area contributed by atoms with Gasteiger partial charge in [-0.15, -0.1) is 11.3 Å². The first-order valence-corrected chi connectivity index (χ1v) is 8.88. The van der Waals surface area contributed by atoms with Crippen LogP contribution >= 0.6 is 22.9 Å². The summed E-state index contributed by atoms with van der Waals surface area (Å²) >= 11 is 7.91. The van der Waals surface area contributed by atoms with Crippen LogP contribution in [0.25, 0.3) is 10.6 Å². The van der Waals surface area contributed by atoms with Crippen molar-refractivity contribution in [1.29, 1.82) is 0 Å². The summed E-state index contributed by atoms with van der Waals surface area (Å²) in [6, 6.07) is 6.50. The molecule has 3 rings (SSSR count). The maximum atomic E-state index is 6.06. The SMILES string of the molecule is CCCNC1CCCc2sc(-c3ccc(Cl)cc3C)nc21. The van der Waals surface area contributed by atoms with Crippen molar-refractivity contribution in [3.8, 4) is 10.6 Å². The van der Waals surface area contributed by atoms with Crippen molar-refractivity contribution in [2.75, 3.05) is 6.54 Å². The summed E-state index contributed by atoms with van der Waals surface area (Å²) in [6.07, 6.45) is 4.80. The second-order valence-corrected chi connectivity index (χ2v) is 7.21. The zero-order valence-electron chi connectivity index (χ0n) is 12.6. The van der Waals surface area contributed by atoms with Gasteiger partial charge in [0.15, 0.2) is 0 Å². The maximum absolute atomic E-state index is 6.06. The molecule has 0 saturated heterocycles. The number of thiazole rings is 1. The molecule has 0 amide bonds. The number of aromatic nitrogens is 1. The normalized spacial score (nSPS) is 17.8. The van der Waals surface area contributed by atoms with E-state index in [-0.39, 0.29) is 0 Å². The minimum absolute atomic E-state index is 0.436. The lowest BCUT2D eigenvalue weighted by Crippen LogP contribution is -2.25. The molecule has 2 nitrogen and oxygen atoms in total. The fourth-order valence-electron chi connectivity index (χ4n) is 2.92. The number of halogens is 1. The molecule has 112 valence electrons. The number of hydrogen-bond donors (Lipinski definition) is 1. The third kappa shape index (κ3) is 3.15. The molecular formula is C17H21ClN2S. The van der Waals surface area contributed by atoms with Gasteiger partial charge in [0, 0.05) is 15.5 Å². The van der Waals surface area contributed by atoms with Crippen LogP contribution in [0.2, 0.25) is 5.02 Å². The van der Waals surface area contributed by atoms with Gasteiger partial charge < -0.3 is 5.32 Å². The van der Waals surface area contributed by atoms with E-state index in [1.165, 1.54) is 47.4 Å². The minimum atomic E-state index is 0.436. The Morgan fingerprint density at radius 3 is 3.05 bits per heavy atom. The highest BCUT2D eigenvalue weighted by molar-refractivity contribution is 7.15. The summed E-state index contributed by atoms with van der Waals surface area (Å²) in [5.74, 6) is 0. The Balaban J connectivity index is 1.94. The Morgan fingerprint density at radius 1 is 1.43 bits per heavy atom. The van der Waals surface area contributed by atoms with Crippen molar-refractivity contribution in [2.45, 2.75) is 45.6 Å². The molecule has 1 N–H and O–H groups in total. The van der Waals surface area contributed by atoms with Gasteiger partial charge in [-0.05, 0) is 56.8 Å². The topological polar surface area (TPSA) is 24.9 Å². The first-order chi connectivity index (χ1) is 10.2. The van der Waals surface area contributed by atoms with E-state index in [4.69, 9.17) is 16.6 Å². The molecule has 0 saturated carbocycles. The molecule has 1 aromatic heterocycles. The van der Waals surface area contributed by atoms with E-state index in [1.54, 1.807) is 0 Å². The predicted octanol–water partition coefficient (Wildman–Crippen LogP) is 5.15. The van der Waals surface area contributed by atoms with Crippen LogP contribution in [0.3, 0.4) is 0 Å². The van der Waals surface area contributed by atoms with Gasteiger partial charge in [0.2, 0.25) is 0 Å². The summed E-state index contributed by atoms with van der Waals surface area (Å²) in [5.41, 5.74) is 3.70. The van der Waals surface area contributed by atoms with Crippen molar-refractivity contribution < 1.29 is 0 Å². The summed E-state index contributed by atoms with van der Waals surface area (Å²) in [7, 11) is 0. The maximum Gasteiger partial charge on any atom is 0.124 e. The minimum Gasteiger partial charge on any atom is -0.309 e. The van der Waals surface area contributed by atoms with E-state index in [0.29, 0.717) is 6.04 Å². The number of hydrogen-bond acceptors (Lipinski definition) is 3. The van der Waals surface area contributed by atoms with E-state index in [1.807, 2.05) is 23.5 Å². The first-order valence-electron chi connectivity index (χ1n) is 7.68. The first kappa shape index (κ1) is 15.0. The van der Waals surface area contributed by atoms with Crippen LogP contribution in [0.15, 0.2) is 18.2 Å². The third-order valence-corrected chi connectivity index (χ3v) is 5.41. The molecule has 1 aliphatic carbocycles. The van der Waals surface area contributed by atoms with Crippen molar-refractivity contribution in [2.24, 2.45) is 0 Å². The smallest absolute Gasteiger partial charge is 0.124 e. The molecule has 1 heterocycles. The van der Waals surface area contributed by atoms with Crippen molar-refractivity contribution in [1.82, 2.24) is 10.3 Å². The van der Waals surface area contributed by atoms with Crippen LogP contribution in [0, 0.1) is 6.92 Å². The van der Waals surface area contributed by atoms with Crippen LogP contribution < -0.4 is 5.32 Å². The average molecular weight is 321 g/mol. The fraction of sp³-hybridized carbons (Fsp3) is 0.471. The number of nitrogens with zero attached hydrogens (tertiary/aromatic N) is 1. The quantitative estimate of drug-likeness (QED) is 0.842. The van der Waals surface area contributed by atoms with Crippen LogP contribution in [0.1, 0.15) is 48.4 Å². The monoisotopic (exact) mass is 320 g/mol.